The van der Waals surface area contributed by atoms with Crippen LogP contribution in [-0.2, 0) is 4.57 Å². The highest BCUT2D eigenvalue weighted by Crippen LogP contribution is 2.52. The fourth-order valence-electron chi connectivity index (χ4n) is 3.10. The van der Waals surface area contributed by atoms with Gasteiger partial charge in [-0.25, -0.2) is 9.36 Å². The molecule has 0 fully saturated rings. The van der Waals surface area contributed by atoms with E-state index in [0.29, 0.717) is 11.3 Å². The van der Waals surface area contributed by atoms with Gasteiger partial charge in [0.15, 0.2) is 0 Å². The highest BCUT2D eigenvalue weighted by atomic mass is 31.1. The summed E-state index contributed by atoms with van der Waals surface area (Å²) >= 11 is 0. The Hall–Kier alpha value is -3.14. The van der Waals surface area contributed by atoms with Gasteiger partial charge in [-0.2, -0.15) is 0 Å². The lowest BCUT2D eigenvalue weighted by atomic mass is 9.80. The van der Waals surface area contributed by atoms with Crippen molar-refractivity contribution in [1.29, 1.82) is 0 Å². The topological polar surface area (TPSA) is 76.7 Å². The summed E-state index contributed by atoms with van der Waals surface area (Å²) in [5.41, 5.74) is 4.60. The molecule has 0 amide bonds. The molecule has 3 aromatic carbocycles. The average Bonchev–Trinajstić information content (AvgIpc) is 2.66. The summed E-state index contributed by atoms with van der Waals surface area (Å²) in [6.07, 6.45) is 0. The standard InChI is InChI=1S/C12H9O3P.C9H6O2/c13-16(14)15-11-7-3-6-10-8-4-1-2-5-9(8)12(10)11;10-9-6-5-7-3-1-2-4-8(7)11-9/h1-7,16H,(H,13,14);1-6H. The molecule has 5 nitrogen and oxygen atoms in total. The van der Waals surface area contributed by atoms with Gasteiger partial charge >= 0.3 is 13.9 Å². The summed E-state index contributed by atoms with van der Waals surface area (Å²) in [7, 11) is -2.94. The van der Waals surface area contributed by atoms with Crippen LogP contribution in [0.5, 0.6) is 5.75 Å². The second kappa shape index (κ2) is 7.23. The fraction of sp³-hybridized carbons (Fsp3) is 0. The van der Waals surface area contributed by atoms with Crippen LogP contribution < -0.4 is 10.1 Å². The molecule has 0 saturated carbocycles. The van der Waals surface area contributed by atoms with E-state index in [1.807, 2.05) is 54.6 Å². The lowest BCUT2D eigenvalue weighted by Crippen LogP contribution is -2.00. The van der Waals surface area contributed by atoms with Gasteiger partial charge in [0.25, 0.3) is 0 Å². The minimum Gasteiger partial charge on any atom is -0.426 e. The minimum atomic E-state index is -2.94. The van der Waals surface area contributed by atoms with E-state index in [-0.39, 0.29) is 5.63 Å². The van der Waals surface area contributed by atoms with Gasteiger partial charge in [0.2, 0.25) is 0 Å². The summed E-state index contributed by atoms with van der Waals surface area (Å²) in [5.74, 6) is 0.489. The zero-order valence-electron chi connectivity index (χ0n) is 14.1. The normalized spacial score (nSPS) is 12.0. The molecule has 1 aliphatic rings. The zero-order chi connectivity index (χ0) is 18.8. The first-order valence-corrected chi connectivity index (χ1v) is 9.52. The largest absolute Gasteiger partial charge is 0.426 e. The van der Waals surface area contributed by atoms with Crippen molar-refractivity contribution in [3.8, 4) is 28.0 Å². The van der Waals surface area contributed by atoms with Crippen LogP contribution in [0.2, 0.25) is 0 Å². The van der Waals surface area contributed by atoms with Crippen LogP contribution in [0.3, 0.4) is 0 Å². The number of fused-ring (bicyclic) bond motifs is 5. The number of hydrogen-bond acceptors (Lipinski definition) is 4. The maximum atomic E-state index is 10.7. The summed E-state index contributed by atoms with van der Waals surface area (Å²) < 4.78 is 20.6. The van der Waals surface area contributed by atoms with Crippen LogP contribution in [0, 0.1) is 0 Å². The van der Waals surface area contributed by atoms with E-state index in [2.05, 4.69) is 0 Å². The van der Waals surface area contributed by atoms with E-state index in [9.17, 15) is 9.36 Å². The highest BCUT2D eigenvalue weighted by molar-refractivity contribution is 7.32. The van der Waals surface area contributed by atoms with Crippen molar-refractivity contribution in [1.82, 2.24) is 0 Å². The molecular formula is C21H15O5P. The molecule has 0 aliphatic heterocycles. The van der Waals surface area contributed by atoms with E-state index < -0.39 is 8.25 Å². The second-order valence-electron chi connectivity index (χ2n) is 5.88. The molecule has 1 heterocycles. The number of rotatable bonds is 2. The van der Waals surface area contributed by atoms with Crippen LogP contribution in [0.1, 0.15) is 0 Å². The predicted octanol–water partition coefficient (Wildman–Crippen LogP) is 4.89. The van der Waals surface area contributed by atoms with Crippen LogP contribution >= 0.6 is 8.25 Å². The third-order valence-electron chi connectivity index (χ3n) is 4.24. The van der Waals surface area contributed by atoms with Gasteiger partial charge in [-0.3, -0.25) is 0 Å². The minimum absolute atomic E-state index is 0.302. The summed E-state index contributed by atoms with van der Waals surface area (Å²) in [4.78, 5) is 19.5. The van der Waals surface area contributed by atoms with Gasteiger partial charge in [-0.1, -0.05) is 54.6 Å². The fourth-order valence-corrected chi connectivity index (χ4v) is 3.46. The third kappa shape index (κ3) is 3.43. The van der Waals surface area contributed by atoms with Crippen LogP contribution in [0.25, 0.3) is 33.2 Å². The van der Waals surface area contributed by atoms with Crippen molar-refractivity contribution in [2.24, 2.45) is 0 Å². The number of para-hydroxylation sites is 1. The molecule has 5 rings (SSSR count). The average molecular weight is 378 g/mol. The first-order chi connectivity index (χ1) is 13.1. The Morgan fingerprint density at radius 1 is 0.778 bits per heavy atom. The van der Waals surface area contributed by atoms with E-state index >= 15 is 0 Å². The molecule has 27 heavy (non-hydrogen) atoms. The van der Waals surface area contributed by atoms with Gasteiger partial charge in [0, 0.05) is 17.0 Å². The van der Waals surface area contributed by atoms with Crippen molar-refractivity contribution < 1.29 is 18.4 Å². The van der Waals surface area contributed by atoms with Crippen LogP contribution in [-0.4, -0.2) is 4.89 Å². The third-order valence-corrected chi connectivity index (χ3v) is 4.63. The quantitative estimate of drug-likeness (QED) is 0.350. The molecule has 134 valence electrons. The van der Waals surface area contributed by atoms with Gasteiger partial charge in [0.1, 0.15) is 11.3 Å². The molecule has 4 aromatic rings. The first kappa shape index (κ1) is 17.3. The summed E-state index contributed by atoms with van der Waals surface area (Å²) in [6.45, 7) is 0. The first-order valence-electron chi connectivity index (χ1n) is 8.26. The molecule has 0 bridgehead atoms. The maximum absolute atomic E-state index is 10.7. The van der Waals surface area contributed by atoms with E-state index in [4.69, 9.17) is 13.8 Å². The van der Waals surface area contributed by atoms with Crippen LogP contribution in [0.4, 0.5) is 0 Å². The van der Waals surface area contributed by atoms with Crippen molar-refractivity contribution in [3.05, 3.63) is 89.3 Å². The van der Waals surface area contributed by atoms with Crippen molar-refractivity contribution >= 4 is 19.2 Å². The molecule has 1 unspecified atom stereocenters. The van der Waals surface area contributed by atoms with E-state index in [1.54, 1.807) is 18.2 Å². The van der Waals surface area contributed by atoms with Gasteiger partial charge < -0.3 is 13.8 Å². The van der Waals surface area contributed by atoms with Crippen molar-refractivity contribution in [2.45, 2.75) is 0 Å². The SMILES string of the molecule is O=[PH](O)Oc1cccc2c1-c1ccccc1-2.O=c1ccc2ccccc2o1. The summed E-state index contributed by atoms with van der Waals surface area (Å²) in [6, 6.07) is 24.1. The van der Waals surface area contributed by atoms with Crippen LogP contribution in [0.15, 0.2) is 88.1 Å². The highest BCUT2D eigenvalue weighted by Gasteiger charge is 2.25. The second-order valence-corrected chi connectivity index (χ2v) is 6.62. The predicted molar refractivity (Wildman–Crippen MR) is 105 cm³/mol. The lowest BCUT2D eigenvalue weighted by molar-refractivity contribution is 0.411. The Labute approximate surface area is 155 Å². The molecule has 6 heteroatoms. The molecule has 1 aliphatic carbocycles. The zero-order valence-corrected chi connectivity index (χ0v) is 15.1. The Bertz CT molecular complexity index is 1210. The monoisotopic (exact) mass is 378 g/mol. The smallest absolute Gasteiger partial charge is 0.365 e. The van der Waals surface area contributed by atoms with Gasteiger partial charge in [-0.15, -0.1) is 0 Å². The van der Waals surface area contributed by atoms with E-state index in [0.717, 1.165) is 22.1 Å². The molecule has 0 radical (unpaired) electrons. The Balaban J connectivity index is 0.000000143. The van der Waals surface area contributed by atoms with E-state index in [1.165, 1.54) is 11.6 Å². The van der Waals surface area contributed by atoms with Gasteiger partial charge in [-0.05, 0) is 34.9 Å². The Morgan fingerprint density at radius 3 is 2.30 bits per heavy atom. The van der Waals surface area contributed by atoms with Crippen molar-refractivity contribution in [2.75, 3.05) is 0 Å². The van der Waals surface area contributed by atoms with Gasteiger partial charge in [0.05, 0.1) is 0 Å². The molecule has 0 spiro atoms. The maximum Gasteiger partial charge on any atom is 0.365 e. The molecule has 1 aromatic heterocycles. The number of hydrogen-bond donors (Lipinski definition) is 1. The Kier molecular flexibility index (Phi) is 4.63. The molecule has 0 saturated heterocycles. The Morgan fingerprint density at radius 2 is 1.48 bits per heavy atom. The number of benzene rings is 3. The molecule has 1 N–H and O–H groups in total. The lowest BCUT2D eigenvalue weighted by Gasteiger charge is -2.25. The molecule has 1 atom stereocenters. The summed E-state index contributed by atoms with van der Waals surface area (Å²) in [5, 5.41) is 0.951. The van der Waals surface area contributed by atoms with Crippen molar-refractivity contribution in [3.63, 3.8) is 0 Å². The molecular weight excluding hydrogens is 363 g/mol.